The summed E-state index contributed by atoms with van der Waals surface area (Å²) in [4.78, 5) is 25.9. The fraction of sp³-hybridized carbons (Fsp3) is 0.222. The number of halogens is 1. The van der Waals surface area contributed by atoms with Crippen molar-refractivity contribution in [3.05, 3.63) is 51.2 Å². The van der Waals surface area contributed by atoms with Crippen LogP contribution in [0.1, 0.15) is 27.9 Å². The van der Waals surface area contributed by atoms with Gasteiger partial charge in [0.25, 0.3) is 5.56 Å². The highest BCUT2D eigenvalue weighted by Crippen LogP contribution is 2.39. The number of pyridine rings is 1. The molecule has 1 aliphatic carbocycles. The van der Waals surface area contributed by atoms with Crippen molar-refractivity contribution in [1.82, 2.24) is 9.55 Å². The highest BCUT2D eigenvalue weighted by atomic mass is 19.1. The van der Waals surface area contributed by atoms with Gasteiger partial charge in [0.05, 0.1) is 11.2 Å². The molecule has 0 radical (unpaired) electrons. The number of hydrogen-bond donors (Lipinski definition) is 3. The van der Waals surface area contributed by atoms with E-state index in [4.69, 9.17) is 5.11 Å². The number of aryl methyl sites for hydroxylation is 1. The molecule has 0 unspecified atom stereocenters. The third-order valence-corrected chi connectivity index (χ3v) is 4.83. The van der Waals surface area contributed by atoms with E-state index in [2.05, 4.69) is 4.98 Å². The Morgan fingerprint density at radius 1 is 1.32 bits per heavy atom. The number of nitrogens with one attached hydrogen (secondary N) is 1. The summed E-state index contributed by atoms with van der Waals surface area (Å²) < 4.78 is 16.8. The van der Waals surface area contributed by atoms with E-state index in [1.807, 2.05) is 0 Å². The summed E-state index contributed by atoms with van der Waals surface area (Å²) in [6, 6.07) is 3.54. The van der Waals surface area contributed by atoms with Gasteiger partial charge in [0.1, 0.15) is 5.75 Å². The average Bonchev–Trinajstić information content (AvgIpc) is 2.81. The topological polar surface area (TPSA) is 95.3 Å². The van der Waals surface area contributed by atoms with Gasteiger partial charge in [0.2, 0.25) is 0 Å². The van der Waals surface area contributed by atoms with E-state index in [1.54, 1.807) is 29.9 Å². The molecule has 1 aliphatic rings. The lowest BCUT2D eigenvalue weighted by Crippen LogP contribution is -2.20. The van der Waals surface area contributed by atoms with E-state index in [9.17, 15) is 14.7 Å². The molecule has 0 atom stereocenters. The van der Waals surface area contributed by atoms with Crippen LogP contribution in [0.25, 0.3) is 22.2 Å². The molecule has 0 aliphatic heterocycles. The monoisotopic (exact) mass is 342 g/mol. The molecule has 2 aromatic heterocycles. The van der Waals surface area contributed by atoms with Crippen LogP contribution in [-0.2, 0) is 19.9 Å². The first-order valence-electron chi connectivity index (χ1n) is 7.88. The summed E-state index contributed by atoms with van der Waals surface area (Å²) >= 11 is 0. The molecule has 25 heavy (non-hydrogen) atoms. The van der Waals surface area contributed by atoms with Gasteiger partial charge in [-0.05, 0) is 37.0 Å². The van der Waals surface area contributed by atoms with E-state index in [0.29, 0.717) is 52.5 Å². The van der Waals surface area contributed by atoms with Crippen LogP contribution in [0.15, 0.2) is 23.1 Å². The number of aromatic amines is 1. The van der Waals surface area contributed by atoms with Gasteiger partial charge in [-0.2, -0.15) is 0 Å². The zero-order chi connectivity index (χ0) is 17.9. The van der Waals surface area contributed by atoms with Crippen LogP contribution in [0.5, 0.6) is 5.75 Å². The third-order valence-electron chi connectivity index (χ3n) is 4.83. The van der Waals surface area contributed by atoms with Crippen molar-refractivity contribution in [2.45, 2.75) is 19.3 Å². The Labute approximate surface area is 141 Å². The maximum Gasteiger partial charge on any atom is 0.345 e. The molecular weight excluding hydrogens is 327 g/mol. The standard InChI is InChI=1S/C18H15FN2O4/c1-21-6-5-8-7-11-9(13(19)15(8)21)3-2-4-10-14(11)20-17(23)12(16(10)22)18(24)25/h5-7H,2-4H2,1H3,(H,24,25)(H2,20,22,23). The predicted molar refractivity (Wildman–Crippen MR) is 89.6 cm³/mol. The molecule has 128 valence electrons. The molecule has 0 bridgehead atoms. The molecular formula is C18H15FN2O4. The Balaban J connectivity index is 2.11. The number of aromatic hydroxyl groups is 1. The molecule has 0 spiro atoms. The third kappa shape index (κ3) is 2.08. The number of benzene rings is 1. The lowest BCUT2D eigenvalue weighted by Gasteiger charge is -2.13. The van der Waals surface area contributed by atoms with Gasteiger partial charge < -0.3 is 19.8 Å². The zero-order valence-electron chi connectivity index (χ0n) is 13.4. The Bertz CT molecular complexity index is 1110. The number of carbonyl (C=O) groups is 1. The van der Waals surface area contributed by atoms with Crippen molar-refractivity contribution in [2.24, 2.45) is 7.05 Å². The molecule has 0 saturated heterocycles. The molecule has 6 nitrogen and oxygen atoms in total. The van der Waals surface area contributed by atoms with Crippen molar-refractivity contribution >= 4 is 16.9 Å². The summed E-state index contributed by atoms with van der Waals surface area (Å²) in [7, 11) is 1.76. The molecule has 0 saturated carbocycles. The van der Waals surface area contributed by atoms with Gasteiger partial charge in [-0.3, -0.25) is 4.79 Å². The van der Waals surface area contributed by atoms with Gasteiger partial charge >= 0.3 is 5.97 Å². The van der Waals surface area contributed by atoms with E-state index < -0.39 is 22.8 Å². The second-order valence-electron chi connectivity index (χ2n) is 6.27. The smallest absolute Gasteiger partial charge is 0.345 e. The molecule has 0 amide bonds. The van der Waals surface area contributed by atoms with Crippen LogP contribution in [0.3, 0.4) is 0 Å². The lowest BCUT2D eigenvalue weighted by atomic mass is 9.97. The first kappa shape index (κ1) is 15.4. The quantitative estimate of drug-likeness (QED) is 0.633. The fourth-order valence-electron chi connectivity index (χ4n) is 3.66. The normalized spacial score (nSPS) is 13.4. The molecule has 7 heteroatoms. The fourth-order valence-corrected chi connectivity index (χ4v) is 3.66. The Hall–Kier alpha value is -3.09. The van der Waals surface area contributed by atoms with Gasteiger partial charge in [-0.15, -0.1) is 0 Å². The van der Waals surface area contributed by atoms with Crippen LogP contribution in [0.4, 0.5) is 4.39 Å². The van der Waals surface area contributed by atoms with Crippen molar-refractivity contribution in [1.29, 1.82) is 0 Å². The first-order valence-corrected chi connectivity index (χ1v) is 7.88. The largest absolute Gasteiger partial charge is 0.506 e. The number of aromatic nitrogens is 2. The van der Waals surface area contributed by atoms with Crippen molar-refractivity contribution in [3.8, 4) is 17.0 Å². The molecule has 0 fully saturated rings. The minimum Gasteiger partial charge on any atom is -0.506 e. The Kier molecular flexibility index (Phi) is 3.21. The number of fused-ring (bicyclic) bond motifs is 4. The molecule has 3 aromatic rings. The van der Waals surface area contributed by atoms with Crippen molar-refractivity contribution < 1.29 is 19.4 Å². The van der Waals surface area contributed by atoms with E-state index >= 15 is 4.39 Å². The summed E-state index contributed by atoms with van der Waals surface area (Å²) in [5, 5.41) is 20.2. The van der Waals surface area contributed by atoms with Gasteiger partial charge in [0.15, 0.2) is 11.4 Å². The van der Waals surface area contributed by atoms with Gasteiger partial charge in [-0.25, -0.2) is 9.18 Å². The summed E-state index contributed by atoms with van der Waals surface area (Å²) in [5.41, 5.74) is 0.499. The zero-order valence-corrected chi connectivity index (χ0v) is 13.4. The number of carboxylic acid groups (broad SMARTS) is 1. The van der Waals surface area contributed by atoms with Crippen LogP contribution in [0, 0.1) is 5.82 Å². The number of aromatic carboxylic acids is 1. The number of nitrogens with zero attached hydrogens (tertiary/aromatic N) is 1. The first-order chi connectivity index (χ1) is 11.9. The van der Waals surface area contributed by atoms with E-state index in [1.165, 1.54) is 0 Å². The summed E-state index contributed by atoms with van der Waals surface area (Å²) in [6.45, 7) is 0. The lowest BCUT2D eigenvalue weighted by molar-refractivity contribution is 0.0691. The Morgan fingerprint density at radius 3 is 2.76 bits per heavy atom. The van der Waals surface area contributed by atoms with Crippen LogP contribution < -0.4 is 5.56 Å². The van der Waals surface area contributed by atoms with Crippen molar-refractivity contribution in [2.75, 3.05) is 0 Å². The minimum atomic E-state index is -1.49. The number of H-pyrrole nitrogens is 1. The summed E-state index contributed by atoms with van der Waals surface area (Å²) in [6.07, 6.45) is 3.07. The van der Waals surface area contributed by atoms with Crippen molar-refractivity contribution in [3.63, 3.8) is 0 Å². The second-order valence-corrected chi connectivity index (χ2v) is 6.27. The van der Waals surface area contributed by atoms with Crippen LogP contribution >= 0.6 is 0 Å². The molecule has 1 aromatic carbocycles. The molecule has 3 N–H and O–H groups in total. The summed E-state index contributed by atoms with van der Waals surface area (Å²) in [5.74, 6) is -2.38. The highest BCUT2D eigenvalue weighted by Gasteiger charge is 2.27. The average molecular weight is 342 g/mol. The minimum absolute atomic E-state index is 0.296. The number of carboxylic acids is 1. The molecule has 2 heterocycles. The van der Waals surface area contributed by atoms with E-state index in [-0.39, 0.29) is 5.82 Å². The van der Waals surface area contributed by atoms with Crippen LogP contribution in [-0.4, -0.2) is 25.7 Å². The SMILES string of the molecule is Cn1ccc2cc3c(c(F)c21)CCCc1c-3[nH]c(=O)c(C(=O)O)c1O. The number of rotatable bonds is 1. The highest BCUT2D eigenvalue weighted by molar-refractivity contribution is 5.93. The second kappa shape index (κ2) is 5.20. The number of hydrogen-bond acceptors (Lipinski definition) is 3. The maximum absolute atomic E-state index is 15.1. The maximum atomic E-state index is 15.1. The van der Waals surface area contributed by atoms with Gasteiger partial charge in [-0.1, -0.05) is 0 Å². The van der Waals surface area contributed by atoms with Crippen LogP contribution in [0.2, 0.25) is 0 Å². The Morgan fingerprint density at radius 2 is 2.04 bits per heavy atom. The predicted octanol–water partition coefficient (Wildman–Crippen LogP) is 2.57. The van der Waals surface area contributed by atoms with E-state index in [0.717, 1.165) is 0 Å². The molecule has 4 rings (SSSR count). The van der Waals surface area contributed by atoms with Gasteiger partial charge in [0, 0.05) is 29.8 Å².